The number of pyridine rings is 1. The molecule has 1 aromatic rings. The molecule has 0 aliphatic carbocycles. The van der Waals surface area contributed by atoms with Crippen molar-refractivity contribution in [3.05, 3.63) is 29.6 Å². The molecule has 5 heteroatoms. The minimum absolute atomic E-state index is 0.271. The highest BCUT2D eigenvalue weighted by Gasteiger charge is 2.19. The highest BCUT2D eigenvalue weighted by molar-refractivity contribution is 5.92. The van der Waals surface area contributed by atoms with E-state index in [9.17, 15) is 4.79 Å². The summed E-state index contributed by atoms with van der Waals surface area (Å²) in [5.41, 5.74) is 0.319. The smallest absolute Gasteiger partial charge is 0.269 e. The van der Waals surface area contributed by atoms with E-state index < -0.39 is 5.60 Å². The number of nitriles is 1. The summed E-state index contributed by atoms with van der Waals surface area (Å²) >= 11 is 0. The average Bonchev–Trinajstić information content (AvgIpc) is 2.36. The third kappa shape index (κ3) is 4.15. The monoisotopic (exact) mass is 247 g/mol. The van der Waals surface area contributed by atoms with Gasteiger partial charge in [0.2, 0.25) is 0 Å². The zero-order chi connectivity index (χ0) is 13.6. The van der Waals surface area contributed by atoms with Gasteiger partial charge < -0.3 is 10.1 Å². The number of hydrogen-bond acceptors (Lipinski definition) is 4. The van der Waals surface area contributed by atoms with Gasteiger partial charge in [0.1, 0.15) is 11.8 Å². The summed E-state index contributed by atoms with van der Waals surface area (Å²) < 4.78 is 5.47. The molecular weight excluding hydrogens is 230 g/mol. The van der Waals surface area contributed by atoms with Gasteiger partial charge in [0, 0.05) is 19.3 Å². The molecule has 0 unspecified atom stereocenters. The summed E-state index contributed by atoms with van der Waals surface area (Å²) in [7, 11) is 0. The van der Waals surface area contributed by atoms with Crippen LogP contribution in [-0.2, 0) is 4.74 Å². The van der Waals surface area contributed by atoms with E-state index >= 15 is 0 Å². The molecule has 1 N–H and O–H groups in total. The number of amides is 1. The molecule has 1 aromatic heterocycles. The van der Waals surface area contributed by atoms with E-state index in [0.717, 1.165) is 0 Å². The van der Waals surface area contributed by atoms with E-state index in [2.05, 4.69) is 10.3 Å². The summed E-state index contributed by atoms with van der Waals surface area (Å²) in [6, 6.07) is 5.05. The highest BCUT2D eigenvalue weighted by atomic mass is 16.5. The lowest BCUT2D eigenvalue weighted by Crippen LogP contribution is -2.40. The van der Waals surface area contributed by atoms with Crippen LogP contribution in [0.5, 0.6) is 0 Å². The first-order valence-corrected chi connectivity index (χ1v) is 5.77. The Labute approximate surface area is 107 Å². The Hall–Kier alpha value is -1.93. The van der Waals surface area contributed by atoms with Gasteiger partial charge in [-0.3, -0.25) is 4.79 Å². The summed E-state index contributed by atoms with van der Waals surface area (Å²) in [4.78, 5) is 15.7. The minimum atomic E-state index is -0.406. The minimum Gasteiger partial charge on any atom is -0.374 e. The number of nitrogens with one attached hydrogen (secondary N) is 1. The molecule has 0 saturated heterocycles. The first-order valence-electron chi connectivity index (χ1n) is 5.77. The van der Waals surface area contributed by atoms with Crippen LogP contribution < -0.4 is 5.32 Å². The molecule has 0 aliphatic rings. The van der Waals surface area contributed by atoms with Crippen molar-refractivity contribution in [3.8, 4) is 6.07 Å². The third-order valence-electron chi connectivity index (χ3n) is 2.33. The van der Waals surface area contributed by atoms with Gasteiger partial charge in [-0.2, -0.15) is 5.26 Å². The van der Waals surface area contributed by atoms with E-state index in [0.29, 0.717) is 24.4 Å². The van der Waals surface area contributed by atoms with Crippen molar-refractivity contribution in [1.29, 1.82) is 5.26 Å². The Balaban J connectivity index is 2.58. The predicted octanol–water partition coefficient (Wildman–Crippen LogP) is 1.50. The van der Waals surface area contributed by atoms with Crippen LogP contribution in [0, 0.1) is 11.3 Å². The second-order valence-electron chi connectivity index (χ2n) is 4.42. The Morgan fingerprint density at radius 2 is 2.28 bits per heavy atom. The Kier molecular flexibility index (Phi) is 4.81. The Bertz CT molecular complexity index is 446. The maximum Gasteiger partial charge on any atom is 0.269 e. The van der Waals surface area contributed by atoms with Gasteiger partial charge in [0.05, 0.1) is 11.2 Å². The molecule has 0 radical (unpaired) electrons. The standard InChI is InChI=1S/C13H17N3O2/c1-4-18-13(2,3)9-16-12(17)11-6-5-10(7-14)8-15-11/h5-6,8H,4,9H2,1-3H3,(H,16,17). The van der Waals surface area contributed by atoms with E-state index in [4.69, 9.17) is 10.00 Å². The lowest BCUT2D eigenvalue weighted by Gasteiger charge is -2.24. The molecule has 0 aliphatic heterocycles. The summed E-state index contributed by atoms with van der Waals surface area (Å²) in [5, 5.41) is 11.4. The lowest BCUT2D eigenvalue weighted by molar-refractivity contribution is -0.00818. The number of aromatic nitrogens is 1. The number of nitrogens with zero attached hydrogens (tertiary/aromatic N) is 2. The van der Waals surface area contributed by atoms with Crippen molar-refractivity contribution >= 4 is 5.91 Å². The lowest BCUT2D eigenvalue weighted by atomic mass is 10.1. The number of carbonyl (C=O) groups is 1. The molecular formula is C13H17N3O2. The van der Waals surface area contributed by atoms with Crippen LogP contribution in [0.2, 0.25) is 0 Å². The van der Waals surface area contributed by atoms with E-state index in [-0.39, 0.29) is 5.91 Å². The molecule has 1 rings (SSSR count). The SMILES string of the molecule is CCOC(C)(C)CNC(=O)c1ccc(C#N)cn1. The van der Waals surface area contributed by atoms with Crippen LogP contribution in [0.1, 0.15) is 36.8 Å². The Morgan fingerprint density at radius 3 is 2.78 bits per heavy atom. The highest BCUT2D eigenvalue weighted by Crippen LogP contribution is 2.07. The summed E-state index contributed by atoms with van der Waals surface area (Å²) in [5.74, 6) is -0.271. The normalized spacial score (nSPS) is 10.8. The van der Waals surface area contributed by atoms with Crippen LogP contribution in [0.25, 0.3) is 0 Å². The number of hydrogen-bond donors (Lipinski definition) is 1. The van der Waals surface area contributed by atoms with Crippen LogP contribution in [0.4, 0.5) is 0 Å². The third-order valence-corrected chi connectivity index (χ3v) is 2.33. The van der Waals surface area contributed by atoms with E-state index in [1.807, 2.05) is 26.8 Å². The van der Waals surface area contributed by atoms with Gasteiger partial charge >= 0.3 is 0 Å². The van der Waals surface area contributed by atoms with Crippen molar-refractivity contribution < 1.29 is 9.53 Å². The molecule has 0 spiro atoms. The van der Waals surface area contributed by atoms with Gasteiger partial charge in [-0.1, -0.05) is 0 Å². The van der Waals surface area contributed by atoms with Gasteiger partial charge in [-0.05, 0) is 32.9 Å². The zero-order valence-electron chi connectivity index (χ0n) is 10.9. The van der Waals surface area contributed by atoms with Crippen LogP contribution >= 0.6 is 0 Å². The van der Waals surface area contributed by atoms with E-state index in [1.165, 1.54) is 12.3 Å². The molecule has 96 valence electrons. The van der Waals surface area contributed by atoms with Crippen molar-refractivity contribution in [2.75, 3.05) is 13.2 Å². The maximum absolute atomic E-state index is 11.8. The van der Waals surface area contributed by atoms with Gasteiger partial charge in [0.15, 0.2) is 0 Å². The fourth-order valence-corrected chi connectivity index (χ4v) is 1.42. The summed E-state index contributed by atoms with van der Waals surface area (Å²) in [6.45, 7) is 6.72. The summed E-state index contributed by atoms with van der Waals surface area (Å²) in [6.07, 6.45) is 1.38. The van der Waals surface area contributed by atoms with Crippen LogP contribution in [0.3, 0.4) is 0 Å². The molecule has 0 saturated carbocycles. The molecule has 0 atom stereocenters. The zero-order valence-corrected chi connectivity index (χ0v) is 10.9. The average molecular weight is 247 g/mol. The largest absolute Gasteiger partial charge is 0.374 e. The first kappa shape index (κ1) is 14.1. The molecule has 5 nitrogen and oxygen atoms in total. The number of ether oxygens (including phenoxy) is 1. The van der Waals surface area contributed by atoms with Gasteiger partial charge in [-0.15, -0.1) is 0 Å². The molecule has 1 amide bonds. The maximum atomic E-state index is 11.8. The van der Waals surface area contributed by atoms with Gasteiger partial charge in [-0.25, -0.2) is 4.98 Å². The predicted molar refractivity (Wildman–Crippen MR) is 67.0 cm³/mol. The quantitative estimate of drug-likeness (QED) is 0.855. The Morgan fingerprint density at radius 1 is 1.56 bits per heavy atom. The molecule has 0 bridgehead atoms. The fraction of sp³-hybridized carbons (Fsp3) is 0.462. The molecule has 0 aromatic carbocycles. The van der Waals surface area contributed by atoms with Gasteiger partial charge in [0.25, 0.3) is 5.91 Å². The molecule has 18 heavy (non-hydrogen) atoms. The number of rotatable bonds is 5. The first-order chi connectivity index (χ1) is 8.48. The molecule has 1 heterocycles. The topological polar surface area (TPSA) is 75.0 Å². The van der Waals surface area contributed by atoms with Crippen molar-refractivity contribution in [2.45, 2.75) is 26.4 Å². The second kappa shape index (κ2) is 6.12. The van der Waals surface area contributed by atoms with E-state index in [1.54, 1.807) is 6.07 Å². The van der Waals surface area contributed by atoms with Crippen molar-refractivity contribution in [1.82, 2.24) is 10.3 Å². The van der Waals surface area contributed by atoms with Crippen molar-refractivity contribution in [2.24, 2.45) is 0 Å². The fourth-order valence-electron chi connectivity index (χ4n) is 1.42. The molecule has 0 fully saturated rings. The van der Waals surface area contributed by atoms with Crippen LogP contribution in [0.15, 0.2) is 18.3 Å². The van der Waals surface area contributed by atoms with Crippen LogP contribution in [-0.4, -0.2) is 29.6 Å². The second-order valence-corrected chi connectivity index (χ2v) is 4.42. The number of carbonyl (C=O) groups excluding carboxylic acids is 1. The van der Waals surface area contributed by atoms with Crippen molar-refractivity contribution in [3.63, 3.8) is 0 Å².